The van der Waals surface area contributed by atoms with E-state index in [1.54, 1.807) is 30.3 Å². The molecular weight excluding hydrogens is 344 g/mol. The third-order valence-electron chi connectivity index (χ3n) is 5.86. The van der Waals surface area contributed by atoms with Crippen LogP contribution in [0.5, 0.6) is 0 Å². The monoisotopic (exact) mass is 364 g/mol. The van der Waals surface area contributed by atoms with E-state index in [9.17, 15) is 14.9 Å². The van der Waals surface area contributed by atoms with Gasteiger partial charge in [-0.1, -0.05) is 24.3 Å². The number of nitro benzene ring substituents is 1. The summed E-state index contributed by atoms with van der Waals surface area (Å²) in [5.74, 6) is -0.608. The van der Waals surface area contributed by atoms with Crippen LogP contribution in [-0.4, -0.2) is 16.0 Å². The van der Waals surface area contributed by atoms with Crippen molar-refractivity contribution in [3.05, 3.63) is 80.4 Å². The molecule has 0 spiro atoms. The van der Waals surface area contributed by atoms with Crippen LogP contribution in [0.15, 0.2) is 42.5 Å². The average molecular weight is 364 g/mol. The standard InChI is InChI=1S/C21H20N2O4/c1-11-10-17(23(26)27)20-18(12(11)2)15-4-3-5-16(15)19(22-20)13-6-8-14(9-7-13)21(24)25/h3-4,6-10,15-16,19,22H,5H2,1-2H3,(H,24,25)/t15-,16+,19-/m1/s1. The van der Waals surface area contributed by atoms with Crippen LogP contribution in [0, 0.1) is 29.9 Å². The van der Waals surface area contributed by atoms with Crippen molar-refractivity contribution in [1.29, 1.82) is 0 Å². The second kappa shape index (κ2) is 6.23. The van der Waals surface area contributed by atoms with Crippen molar-refractivity contribution in [1.82, 2.24) is 0 Å². The van der Waals surface area contributed by atoms with Crippen LogP contribution >= 0.6 is 0 Å². The van der Waals surface area contributed by atoms with Gasteiger partial charge >= 0.3 is 5.97 Å². The predicted molar refractivity (Wildman–Crippen MR) is 102 cm³/mol. The third-order valence-corrected chi connectivity index (χ3v) is 5.86. The molecular formula is C21H20N2O4. The molecule has 138 valence electrons. The third kappa shape index (κ3) is 2.68. The Balaban J connectivity index is 1.85. The zero-order valence-corrected chi connectivity index (χ0v) is 15.1. The number of fused-ring (bicyclic) bond motifs is 3. The molecule has 0 saturated carbocycles. The molecule has 0 bridgehead atoms. The molecule has 3 atom stereocenters. The first kappa shape index (κ1) is 17.3. The van der Waals surface area contributed by atoms with Gasteiger partial charge in [0.05, 0.1) is 16.5 Å². The molecule has 27 heavy (non-hydrogen) atoms. The maximum atomic E-state index is 11.7. The molecule has 0 amide bonds. The van der Waals surface area contributed by atoms with Gasteiger partial charge in [-0.3, -0.25) is 10.1 Å². The average Bonchev–Trinajstić information content (AvgIpc) is 3.13. The summed E-state index contributed by atoms with van der Waals surface area (Å²) in [5.41, 5.74) is 4.88. The van der Waals surface area contributed by atoms with Gasteiger partial charge in [-0.15, -0.1) is 0 Å². The lowest BCUT2D eigenvalue weighted by Gasteiger charge is -2.38. The zero-order chi connectivity index (χ0) is 19.3. The fraction of sp³-hybridized carbons (Fsp3) is 0.286. The van der Waals surface area contributed by atoms with Crippen molar-refractivity contribution in [3.63, 3.8) is 0 Å². The van der Waals surface area contributed by atoms with Crippen LogP contribution in [-0.2, 0) is 0 Å². The molecule has 1 aliphatic carbocycles. The highest BCUT2D eigenvalue weighted by Crippen LogP contribution is 2.53. The summed E-state index contributed by atoms with van der Waals surface area (Å²) in [7, 11) is 0. The number of hydrogen-bond acceptors (Lipinski definition) is 4. The SMILES string of the molecule is Cc1cc([N+](=O)[O-])c2c(c1C)[C@@H]1C=CC[C@@H]1[C@@H](c1ccc(C(=O)O)cc1)N2. The molecule has 2 aromatic rings. The van der Waals surface area contributed by atoms with Crippen LogP contribution in [0.1, 0.15) is 51.0 Å². The number of anilines is 1. The molecule has 4 rings (SSSR count). The second-order valence-corrected chi connectivity index (χ2v) is 7.29. The largest absolute Gasteiger partial charge is 0.478 e. The Morgan fingerprint density at radius 1 is 1.26 bits per heavy atom. The van der Waals surface area contributed by atoms with E-state index in [4.69, 9.17) is 5.11 Å². The summed E-state index contributed by atoms with van der Waals surface area (Å²) in [6.45, 7) is 3.93. The minimum Gasteiger partial charge on any atom is -0.478 e. The van der Waals surface area contributed by atoms with Gasteiger partial charge < -0.3 is 10.4 Å². The molecule has 0 saturated heterocycles. The lowest BCUT2D eigenvalue weighted by atomic mass is 9.74. The Hall–Kier alpha value is -3.15. The first-order chi connectivity index (χ1) is 12.9. The number of nitrogens with one attached hydrogen (secondary N) is 1. The number of carboxylic acid groups (broad SMARTS) is 1. The lowest BCUT2D eigenvalue weighted by molar-refractivity contribution is -0.384. The molecule has 0 fully saturated rings. The van der Waals surface area contributed by atoms with Crippen LogP contribution < -0.4 is 5.32 Å². The maximum Gasteiger partial charge on any atom is 0.335 e. The number of rotatable bonds is 3. The summed E-state index contributed by atoms with van der Waals surface area (Å²) < 4.78 is 0. The molecule has 2 aromatic carbocycles. The number of carbonyl (C=O) groups is 1. The molecule has 1 aliphatic heterocycles. The summed E-state index contributed by atoms with van der Waals surface area (Å²) in [5, 5.41) is 24.2. The predicted octanol–water partition coefficient (Wildman–Crippen LogP) is 4.74. The number of nitro groups is 1. The van der Waals surface area contributed by atoms with Gasteiger partial charge in [-0.2, -0.15) is 0 Å². The van der Waals surface area contributed by atoms with Gasteiger partial charge in [0.1, 0.15) is 5.69 Å². The van der Waals surface area contributed by atoms with Crippen molar-refractivity contribution in [2.24, 2.45) is 5.92 Å². The Kier molecular flexibility index (Phi) is 3.98. The lowest BCUT2D eigenvalue weighted by Crippen LogP contribution is -2.30. The number of hydrogen-bond donors (Lipinski definition) is 2. The fourth-order valence-electron chi connectivity index (χ4n) is 4.39. The van der Waals surface area contributed by atoms with Gasteiger partial charge in [0.25, 0.3) is 5.69 Å². The van der Waals surface area contributed by atoms with Crippen molar-refractivity contribution in [2.75, 3.05) is 5.32 Å². The van der Waals surface area contributed by atoms with E-state index in [1.165, 1.54) is 0 Å². The van der Waals surface area contributed by atoms with Crippen LogP contribution in [0.25, 0.3) is 0 Å². The van der Waals surface area contributed by atoms with E-state index in [0.29, 0.717) is 5.69 Å². The van der Waals surface area contributed by atoms with Crippen molar-refractivity contribution in [2.45, 2.75) is 32.2 Å². The topological polar surface area (TPSA) is 92.5 Å². The number of nitrogens with zero attached hydrogens (tertiary/aromatic N) is 1. The Labute approximate surface area is 156 Å². The van der Waals surface area contributed by atoms with Gasteiger partial charge in [-0.05, 0) is 60.6 Å². The highest BCUT2D eigenvalue weighted by Gasteiger charge is 2.41. The molecule has 1 heterocycles. The van der Waals surface area contributed by atoms with E-state index >= 15 is 0 Å². The maximum absolute atomic E-state index is 11.7. The normalized spacial score (nSPS) is 22.7. The van der Waals surface area contributed by atoms with Crippen molar-refractivity contribution >= 4 is 17.3 Å². The minimum atomic E-state index is -0.967. The first-order valence-electron chi connectivity index (χ1n) is 8.93. The number of allylic oxidation sites excluding steroid dienone is 2. The molecule has 2 aliphatic rings. The van der Waals surface area contributed by atoms with Gasteiger partial charge in [0.2, 0.25) is 0 Å². The molecule has 0 aromatic heterocycles. The van der Waals surface area contributed by atoms with Crippen LogP contribution in [0.2, 0.25) is 0 Å². The summed E-state index contributed by atoms with van der Waals surface area (Å²) in [6, 6.07) is 8.29. The van der Waals surface area contributed by atoms with Crippen molar-refractivity contribution in [3.8, 4) is 0 Å². The zero-order valence-electron chi connectivity index (χ0n) is 15.1. The smallest absolute Gasteiger partial charge is 0.335 e. The van der Waals surface area contributed by atoms with Crippen LogP contribution in [0.3, 0.4) is 0 Å². The molecule has 6 nitrogen and oxygen atoms in total. The summed E-state index contributed by atoms with van der Waals surface area (Å²) in [6.07, 6.45) is 5.17. The highest BCUT2D eigenvalue weighted by atomic mass is 16.6. The Morgan fingerprint density at radius 2 is 1.96 bits per heavy atom. The summed E-state index contributed by atoms with van der Waals surface area (Å²) in [4.78, 5) is 22.5. The van der Waals surface area contributed by atoms with E-state index in [1.807, 2.05) is 13.8 Å². The number of aryl methyl sites for hydroxylation is 1. The van der Waals surface area contributed by atoms with Gasteiger partial charge in [-0.25, -0.2) is 4.79 Å². The number of aromatic carboxylic acids is 1. The summed E-state index contributed by atoms with van der Waals surface area (Å²) >= 11 is 0. The number of carboxylic acids is 1. The Bertz CT molecular complexity index is 979. The Morgan fingerprint density at radius 3 is 2.59 bits per heavy atom. The van der Waals surface area contributed by atoms with E-state index in [-0.39, 0.29) is 34.1 Å². The second-order valence-electron chi connectivity index (χ2n) is 7.29. The first-order valence-corrected chi connectivity index (χ1v) is 8.93. The fourth-order valence-corrected chi connectivity index (χ4v) is 4.39. The van der Waals surface area contributed by atoms with Crippen LogP contribution in [0.4, 0.5) is 11.4 Å². The molecule has 0 radical (unpaired) electrons. The molecule has 0 unspecified atom stereocenters. The van der Waals surface area contributed by atoms with E-state index < -0.39 is 5.97 Å². The number of benzene rings is 2. The van der Waals surface area contributed by atoms with Gasteiger partial charge in [0.15, 0.2) is 0 Å². The molecule has 2 N–H and O–H groups in total. The minimum absolute atomic E-state index is 0.0963. The van der Waals surface area contributed by atoms with E-state index in [0.717, 1.165) is 28.7 Å². The molecule has 6 heteroatoms. The quantitative estimate of drug-likeness (QED) is 0.466. The van der Waals surface area contributed by atoms with E-state index in [2.05, 4.69) is 17.5 Å². The van der Waals surface area contributed by atoms with Crippen molar-refractivity contribution < 1.29 is 14.8 Å². The van der Waals surface area contributed by atoms with Gasteiger partial charge in [0, 0.05) is 12.0 Å². The highest BCUT2D eigenvalue weighted by molar-refractivity contribution is 5.87.